The second-order valence-electron chi connectivity index (χ2n) is 8.46. The highest BCUT2D eigenvalue weighted by Gasteiger charge is 2.48. The first-order valence-electron chi connectivity index (χ1n) is 11.5. The number of carbonyl (C=O) groups is 2. The molecule has 0 spiro atoms. The molecule has 1 aliphatic rings. The maximum Gasteiger partial charge on any atom is 0.301 e. The van der Waals surface area contributed by atoms with Crippen LogP contribution in [-0.2, 0) is 15.3 Å². The van der Waals surface area contributed by atoms with Crippen LogP contribution in [0, 0.1) is 11.6 Å². The Labute approximate surface area is 243 Å². The number of aliphatic hydroxyl groups is 1. The molecule has 1 atom stereocenters. The average molecular weight is 646 g/mol. The minimum atomic E-state index is -1.20. The Morgan fingerprint density at radius 2 is 1.85 bits per heavy atom. The number of carbonyl (C=O) groups excluding carboxylic acids is 2. The van der Waals surface area contributed by atoms with Crippen LogP contribution in [0.15, 0.2) is 75.0 Å². The van der Waals surface area contributed by atoms with E-state index in [9.17, 15) is 28.6 Å². The highest BCUT2D eigenvalue weighted by atomic mass is 79.9. The first-order chi connectivity index (χ1) is 19.2. The molecular weight excluding hydrogens is 628 g/mol. The predicted molar refractivity (Wildman–Crippen MR) is 149 cm³/mol. The van der Waals surface area contributed by atoms with Crippen LogP contribution >= 0.6 is 39.0 Å². The second-order valence-corrected chi connectivity index (χ2v) is 11.5. The highest BCUT2D eigenvalue weighted by molar-refractivity contribution is 9.10. The maximum atomic E-state index is 14.1. The van der Waals surface area contributed by atoms with Gasteiger partial charge < -0.3 is 14.9 Å². The number of ketones is 1. The Balaban J connectivity index is 1.60. The van der Waals surface area contributed by atoms with Gasteiger partial charge in [0.25, 0.3) is 5.78 Å². The first-order valence-corrected chi connectivity index (χ1v) is 14.1. The topological polar surface area (TPSA) is 113 Å². The number of nitrogens with zero attached hydrogens (tertiary/aromatic N) is 3. The molecule has 0 radical (unpaired) electrons. The standard InChI is InChI=1S/C27H18BrF2N3O5S2/c1-38-19-11-15(10-17(28)23(19)35)21-20(22(34)13-6-8-16(29)9-7-13)24(36)25(37)33(21)26-31-32-27(40-26)39-12-14-4-2-3-5-18(14)30/h2-11,21,34-35H,12H2,1H3/b22-20-. The molecule has 8 nitrogen and oxygen atoms in total. The minimum absolute atomic E-state index is 0.0511. The van der Waals surface area contributed by atoms with Gasteiger partial charge in [0.2, 0.25) is 5.13 Å². The van der Waals surface area contributed by atoms with E-state index in [2.05, 4.69) is 26.1 Å². The van der Waals surface area contributed by atoms with Crippen molar-refractivity contribution in [2.24, 2.45) is 0 Å². The lowest BCUT2D eigenvalue weighted by atomic mass is 9.95. The Kier molecular flexibility index (Phi) is 7.88. The number of benzene rings is 3. The maximum absolute atomic E-state index is 14.1. The van der Waals surface area contributed by atoms with E-state index in [1.807, 2.05) is 0 Å². The fourth-order valence-corrected chi connectivity index (χ4v) is 6.44. The molecule has 4 aromatic rings. The van der Waals surface area contributed by atoms with Gasteiger partial charge in [0.05, 0.1) is 23.2 Å². The summed E-state index contributed by atoms with van der Waals surface area (Å²) in [7, 11) is 1.34. The number of halogens is 3. The van der Waals surface area contributed by atoms with E-state index in [0.29, 0.717) is 15.5 Å². The SMILES string of the molecule is COc1cc(C2/C(=C(/O)c3ccc(F)cc3)C(=O)C(=O)N2c2nnc(SCc3ccccc3F)s2)cc(Br)c1O. The molecular formula is C27H18BrF2N3O5S2. The van der Waals surface area contributed by atoms with Crippen molar-refractivity contribution in [2.75, 3.05) is 12.0 Å². The Morgan fingerprint density at radius 1 is 1.12 bits per heavy atom. The number of aliphatic hydroxyl groups excluding tert-OH is 1. The van der Waals surface area contributed by atoms with E-state index >= 15 is 0 Å². The summed E-state index contributed by atoms with van der Waals surface area (Å²) in [6.07, 6.45) is 0. The van der Waals surface area contributed by atoms with Crippen LogP contribution < -0.4 is 9.64 Å². The van der Waals surface area contributed by atoms with Crippen molar-refractivity contribution >= 4 is 61.6 Å². The third-order valence-corrected chi connectivity index (χ3v) is 8.77. The zero-order valence-corrected chi connectivity index (χ0v) is 23.7. The molecule has 0 bridgehead atoms. The van der Waals surface area contributed by atoms with Gasteiger partial charge in [-0.15, -0.1) is 10.2 Å². The second kappa shape index (κ2) is 11.4. The number of aromatic hydroxyl groups is 1. The summed E-state index contributed by atoms with van der Waals surface area (Å²) in [5.74, 6) is -3.29. The van der Waals surface area contributed by atoms with Crippen molar-refractivity contribution in [3.05, 3.63) is 99.0 Å². The molecule has 40 heavy (non-hydrogen) atoms. The smallest absolute Gasteiger partial charge is 0.301 e. The van der Waals surface area contributed by atoms with Crippen LogP contribution in [0.1, 0.15) is 22.7 Å². The average Bonchev–Trinajstić information content (AvgIpc) is 3.51. The highest BCUT2D eigenvalue weighted by Crippen LogP contribution is 2.47. The molecule has 0 aliphatic carbocycles. The fourth-order valence-electron chi connectivity index (χ4n) is 4.13. The number of rotatable bonds is 7. The van der Waals surface area contributed by atoms with Gasteiger partial charge in [-0.2, -0.15) is 0 Å². The van der Waals surface area contributed by atoms with Gasteiger partial charge in [-0.25, -0.2) is 8.78 Å². The van der Waals surface area contributed by atoms with E-state index in [-0.39, 0.29) is 43.8 Å². The quantitative estimate of drug-likeness (QED) is 0.0802. The number of amides is 1. The normalized spacial score (nSPS) is 16.5. The Hall–Kier alpha value is -3.81. The van der Waals surface area contributed by atoms with Gasteiger partial charge in [-0.3, -0.25) is 14.5 Å². The van der Waals surface area contributed by atoms with Crippen LogP contribution in [-0.4, -0.2) is 39.2 Å². The van der Waals surface area contributed by atoms with Crippen molar-refractivity contribution in [1.82, 2.24) is 10.2 Å². The van der Waals surface area contributed by atoms with E-state index in [0.717, 1.165) is 28.4 Å². The van der Waals surface area contributed by atoms with Crippen LogP contribution in [0.4, 0.5) is 13.9 Å². The van der Waals surface area contributed by atoms with Crippen molar-refractivity contribution < 1.29 is 33.3 Å². The van der Waals surface area contributed by atoms with Gasteiger partial charge in [0.15, 0.2) is 15.8 Å². The van der Waals surface area contributed by atoms with Crippen LogP contribution in [0.2, 0.25) is 0 Å². The van der Waals surface area contributed by atoms with E-state index in [1.165, 1.54) is 49.2 Å². The number of Topliss-reactive ketones (excluding diaryl/α,β-unsaturated/α-hetero) is 1. The number of methoxy groups -OCH3 is 1. The molecule has 1 amide bonds. The van der Waals surface area contributed by atoms with Crippen molar-refractivity contribution in [3.63, 3.8) is 0 Å². The molecule has 1 unspecified atom stereocenters. The Morgan fingerprint density at radius 3 is 2.55 bits per heavy atom. The van der Waals surface area contributed by atoms with Crippen molar-refractivity contribution in [1.29, 1.82) is 0 Å². The Bertz CT molecular complexity index is 1660. The molecule has 1 fully saturated rings. The number of ether oxygens (including phenoxy) is 1. The number of anilines is 1. The van der Waals surface area contributed by atoms with E-state index < -0.39 is 29.3 Å². The molecule has 2 N–H and O–H groups in total. The summed E-state index contributed by atoms with van der Waals surface area (Å²) < 4.78 is 33.5. The number of hydrogen-bond acceptors (Lipinski definition) is 9. The number of phenols is 1. The van der Waals surface area contributed by atoms with Crippen molar-refractivity contribution in [2.45, 2.75) is 16.1 Å². The summed E-state index contributed by atoms with van der Waals surface area (Å²) in [6, 6.07) is 12.8. The summed E-state index contributed by atoms with van der Waals surface area (Å²) >= 11 is 5.48. The van der Waals surface area contributed by atoms with Crippen LogP contribution in [0.25, 0.3) is 5.76 Å². The van der Waals surface area contributed by atoms with Gasteiger partial charge in [0.1, 0.15) is 17.4 Å². The molecule has 3 aromatic carbocycles. The van der Waals surface area contributed by atoms with Gasteiger partial charge in [0, 0.05) is 11.3 Å². The van der Waals surface area contributed by atoms with Gasteiger partial charge in [-0.05, 0) is 69.5 Å². The number of thioether (sulfide) groups is 1. The summed E-state index contributed by atoms with van der Waals surface area (Å²) in [4.78, 5) is 27.8. The molecule has 1 aliphatic heterocycles. The largest absolute Gasteiger partial charge is 0.507 e. The summed E-state index contributed by atoms with van der Waals surface area (Å²) in [6.45, 7) is 0. The number of hydrogen-bond donors (Lipinski definition) is 2. The lowest BCUT2D eigenvalue weighted by molar-refractivity contribution is -0.132. The predicted octanol–water partition coefficient (Wildman–Crippen LogP) is 6.21. The van der Waals surface area contributed by atoms with E-state index in [1.54, 1.807) is 18.2 Å². The number of phenolic OH excluding ortho intramolecular Hbond substituents is 1. The molecule has 5 rings (SSSR count). The zero-order chi connectivity index (χ0) is 28.6. The molecule has 1 aromatic heterocycles. The van der Waals surface area contributed by atoms with Crippen molar-refractivity contribution in [3.8, 4) is 11.5 Å². The third-order valence-electron chi connectivity index (χ3n) is 6.06. The van der Waals surface area contributed by atoms with Gasteiger partial charge >= 0.3 is 5.91 Å². The fraction of sp³-hybridized carbons (Fsp3) is 0.111. The van der Waals surface area contributed by atoms with Gasteiger partial charge in [-0.1, -0.05) is 41.3 Å². The summed E-state index contributed by atoms with van der Waals surface area (Å²) in [5.41, 5.74) is 0.616. The number of aromatic nitrogens is 2. The van der Waals surface area contributed by atoms with Crippen LogP contribution in [0.3, 0.4) is 0 Å². The molecule has 2 heterocycles. The molecule has 13 heteroatoms. The first kappa shape index (κ1) is 27.7. The minimum Gasteiger partial charge on any atom is -0.507 e. The zero-order valence-electron chi connectivity index (χ0n) is 20.5. The van der Waals surface area contributed by atoms with Crippen LogP contribution in [0.5, 0.6) is 11.5 Å². The lowest BCUT2D eigenvalue weighted by Crippen LogP contribution is -2.29. The lowest BCUT2D eigenvalue weighted by Gasteiger charge is -2.23. The third kappa shape index (κ3) is 5.19. The van der Waals surface area contributed by atoms with E-state index in [4.69, 9.17) is 4.74 Å². The summed E-state index contributed by atoms with van der Waals surface area (Å²) in [5, 5.41) is 29.8. The molecule has 204 valence electrons. The monoisotopic (exact) mass is 645 g/mol. The molecule has 0 saturated carbocycles. The molecule has 1 saturated heterocycles.